The second kappa shape index (κ2) is 8.23. The molecule has 0 unspecified atom stereocenters. The third-order valence-electron chi connectivity index (χ3n) is 1.83. The molecular formula is C9H19F3N2O2S2. The zero-order chi connectivity index (χ0) is 14.2. The summed E-state index contributed by atoms with van der Waals surface area (Å²) in [7, 11) is -3.47. The Bertz CT molecular complexity index is 318. The highest BCUT2D eigenvalue weighted by atomic mass is 32.2. The van der Waals surface area contributed by atoms with E-state index in [1.807, 2.05) is 13.8 Å². The Balaban J connectivity index is 3.68. The van der Waals surface area contributed by atoms with Crippen LogP contribution in [0.15, 0.2) is 0 Å². The van der Waals surface area contributed by atoms with Gasteiger partial charge in [-0.25, -0.2) is 13.1 Å². The predicted molar refractivity (Wildman–Crippen MR) is 68.1 cm³/mol. The van der Waals surface area contributed by atoms with Gasteiger partial charge in [-0.05, 0) is 24.7 Å². The Morgan fingerprint density at radius 1 is 1.22 bits per heavy atom. The first kappa shape index (κ1) is 18.0. The number of nitrogens with one attached hydrogen (secondary N) is 2. The molecule has 0 aliphatic carbocycles. The number of halogens is 3. The minimum absolute atomic E-state index is 0.0800. The normalized spacial score (nSPS) is 13.2. The maximum absolute atomic E-state index is 11.8. The van der Waals surface area contributed by atoms with Crippen molar-refractivity contribution < 1.29 is 21.6 Å². The maximum Gasteiger partial charge on any atom is 0.441 e. The molecule has 0 aliphatic rings. The second-order valence-corrected chi connectivity index (χ2v) is 7.06. The molecule has 110 valence electrons. The number of thioether (sulfide) groups is 1. The van der Waals surface area contributed by atoms with E-state index < -0.39 is 15.5 Å². The fraction of sp³-hybridized carbons (Fsp3) is 1.00. The van der Waals surface area contributed by atoms with Crippen LogP contribution in [-0.4, -0.2) is 44.6 Å². The van der Waals surface area contributed by atoms with Gasteiger partial charge in [0.25, 0.3) is 0 Å². The van der Waals surface area contributed by atoms with Crippen LogP contribution in [-0.2, 0) is 10.0 Å². The summed E-state index contributed by atoms with van der Waals surface area (Å²) in [6, 6.07) is 0.281. The molecule has 0 spiro atoms. The van der Waals surface area contributed by atoms with Crippen molar-refractivity contribution in [2.24, 2.45) is 0 Å². The van der Waals surface area contributed by atoms with E-state index in [1.165, 1.54) is 0 Å². The summed E-state index contributed by atoms with van der Waals surface area (Å²) in [5.41, 5.74) is -4.31. The first-order valence-electron chi connectivity index (χ1n) is 5.54. The van der Waals surface area contributed by atoms with Crippen LogP contribution in [0, 0.1) is 0 Å². The van der Waals surface area contributed by atoms with Crippen molar-refractivity contribution in [3.05, 3.63) is 0 Å². The van der Waals surface area contributed by atoms with E-state index in [-0.39, 0.29) is 35.9 Å². The molecule has 9 heteroatoms. The summed E-state index contributed by atoms with van der Waals surface area (Å²) in [5, 5.41) is 3.06. The molecule has 0 aromatic heterocycles. The van der Waals surface area contributed by atoms with E-state index >= 15 is 0 Å². The minimum Gasteiger partial charge on any atom is -0.314 e. The van der Waals surface area contributed by atoms with Crippen molar-refractivity contribution in [3.63, 3.8) is 0 Å². The molecule has 4 nitrogen and oxygen atoms in total. The van der Waals surface area contributed by atoms with E-state index in [0.717, 1.165) is 0 Å². The monoisotopic (exact) mass is 308 g/mol. The van der Waals surface area contributed by atoms with Gasteiger partial charge in [0.1, 0.15) is 0 Å². The van der Waals surface area contributed by atoms with Crippen LogP contribution in [0.25, 0.3) is 0 Å². The molecule has 0 aromatic carbocycles. The Morgan fingerprint density at radius 2 is 1.83 bits per heavy atom. The molecule has 18 heavy (non-hydrogen) atoms. The van der Waals surface area contributed by atoms with Gasteiger partial charge in [-0.3, -0.25) is 0 Å². The molecule has 0 aliphatic heterocycles. The summed E-state index contributed by atoms with van der Waals surface area (Å²) in [6.07, 6.45) is 0.430. The molecule has 0 radical (unpaired) electrons. The van der Waals surface area contributed by atoms with E-state index in [2.05, 4.69) is 10.0 Å². The molecule has 2 N–H and O–H groups in total. The van der Waals surface area contributed by atoms with Crippen LogP contribution < -0.4 is 10.0 Å². The molecule has 0 amide bonds. The van der Waals surface area contributed by atoms with Gasteiger partial charge in [0, 0.05) is 18.3 Å². The topological polar surface area (TPSA) is 58.2 Å². The van der Waals surface area contributed by atoms with Gasteiger partial charge >= 0.3 is 5.51 Å². The van der Waals surface area contributed by atoms with Crippen molar-refractivity contribution in [2.45, 2.75) is 31.8 Å². The van der Waals surface area contributed by atoms with Gasteiger partial charge in [-0.15, -0.1) is 0 Å². The van der Waals surface area contributed by atoms with Gasteiger partial charge in [-0.2, -0.15) is 13.2 Å². The number of rotatable bonds is 9. The fourth-order valence-corrected chi connectivity index (χ4v) is 2.74. The summed E-state index contributed by atoms with van der Waals surface area (Å²) < 4.78 is 60.2. The number of alkyl halides is 3. The van der Waals surface area contributed by atoms with Gasteiger partial charge in [0.2, 0.25) is 10.0 Å². The average molecular weight is 308 g/mol. The molecule has 0 saturated carbocycles. The van der Waals surface area contributed by atoms with Crippen LogP contribution in [0.5, 0.6) is 0 Å². The molecule has 0 saturated heterocycles. The largest absolute Gasteiger partial charge is 0.441 e. The summed E-state index contributed by atoms with van der Waals surface area (Å²) in [5.74, 6) is -0.392. The van der Waals surface area contributed by atoms with Crippen LogP contribution in [0.4, 0.5) is 13.2 Å². The SMILES string of the molecule is CC(C)NCCCS(=O)(=O)NCCSC(F)(F)F. The summed E-state index contributed by atoms with van der Waals surface area (Å²) in [4.78, 5) is 0. The lowest BCUT2D eigenvalue weighted by Gasteiger charge is -2.09. The lowest BCUT2D eigenvalue weighted by atomic mass is 10.4. The smallest absolute Gasteiger partial charge is 0.314 e. The standard InChI is InChI=1S/C9H19F3N2O2S2/c1-8(2)13-4-3-7-18(15,16)14-5-6-17-9(10,11)12/h8,13-14H,3-7H2,1-2H3. The van der Waals surface area contributed by atoms with Crippen molar-refractivity contribution in [1.82, 2.24) is 10.0 Å². The first-order chi connectivity index (χ1) is 8.12. The number of hydrogen-bond acceptors (Lipinski definition) is 4. The fourth-order valence-electron chi connectivity index (χ4n) is 1.09. The Kier molecular flexibility index (Phi) is 8.24. The number of sulfonamides is 1. The van der Waals surface area contributed by atoms with Crippen LogP contribution in [0.1, 0.15) is 20.3 Å². The van der Waals surface area contributed by atoms with E-state index in [0.29, 0.717) is 13.0 Å². The predicted octanol–water partition coefficient (Wildman–Crippen LogP) is 1.55. The maximum atomic E-state index is 11.8. The molecular weight excluding hydrogens is 289 g/mol. The van der Waals surface area contributed by atoms with Crippen molar-refractivity contribution in [1.29, 1.82) is 0 Å². The van der Waals surface area contributed by atoms with Gasteiger partial charge in [0.15, 0.2) is 0 Å². The summed E-state index contributed by atoms with van der Waals surface area (Å²) in [6.45, 7) is 4.25. The quantitative estimate of drug-likeness (QED) is 0.635. The van der Waals surface area contributed by atoms with Crippen LogP contribution in [0.2, 0.25) is 0 Å². The highest BCUT2D eigenvalue weighted by Crippen LogP contribution is 2.29. The van der Waals surface area contributed by atoms with Crippen molar-refractivity contribution in [2.75, 3.05) is 24.6 Å². The zero-order valence-electron chi connectivity index (χ0n) is 10.4. The highest BCUT2D eigenvalue weighted by Gasteiger charge is 2.27. The van der Waals surface area contributed by atoms with E-state index in [9.17, 15) is 21.6 Å². The highest BCUT2D eigenvalue weighted by molar-refractivity contribution is 8.00. The third kappa shape index (κ3) is 12.5. The molecule has 0 bridgehead atoms. The van der Waals surface area contributed by atoms with Crippen LogP contribution in [0.3, 0.4) is 0 Å². The third-order valence-corrected chi connectivity index (χ3v) is 4.04. The van der Waals surface area contributed by atoms with Crippen molar-refractivity contribution >= 4 is 21.8 Å². The Labute approximate surface area is 110 Å². The van der Waals surface area contributed by atoms with Gasteiger partial charge in [-0.1, -0.05) is 13.8 Å². The van der Waals surface area contributed by atoms with Crippen molar-refractivity contribution in [3.8, 4) is 0 Å². The molecule has 0 heterocycles. The molecule has 0 fully saturated rings. The minimum atomic E-state index is -4.31. The Morgan fingerprint density at radius 3 is 2.33 bits per heavy atom. The molecule has 0 aromatic rings. The van der Waals surface area contributed by atoms with Crippen LogP contribution >= 0.6 is 11.8 Å². The average Bonchev–Trinajstić information content (AvgIpc) is 2.18. The van der Waals surface area contributed by atoms with Gasteiger partial charge < -0.3 is 5.32 Å². The zero-order valence-corrected chi connectivity index (χ0v) is 12.0. The summed E-state index contributed by atoms with van der Waals surface area (Å²) >= 11 is -0.233. The first-order valence-corrected chi connectivity index (χ1v) is 8.17. The second-order valence-electron chi connectivity index (χ2n) is 3.97. The number of hydrogen-bond donors (Lipinski definition) is 2. The molecule has 0 atom stereocenters. The molecule has 0 rings (SSSR count). The van der Waals surface area contributed by atoms with E-state index in [1.54, 1.807) is 0 Å². The lowest BCUT2D eigenvalue weighted by Crippen LogP contribution is -2.31. The Hall–Kier alpha value is 0.01000. The van der Waals surface area contributed by atoms with E-state index in [4.69, 9.17) is 0 Å². The lowest BCUT2D eigenvalue weighted by molar-refractivity contribution is -0.0327. The van der Waals surface area contributed by atoms with Gasteiger partial charge in [0.05, 0.1) is 5.75 Å².